The molecular formula is C34H40N2O9. The van der Waals surface area contributed by atoms with Gasteiger partial charge in [-0.3, -0.25) is 4.79 Å². The van der Waals surface area contributed by atoms with E-state index in [1.165, 1.54) is 0 Å². The number of ether oxygens (including phenoxy) is 5. The van der Waals surface area contributed by atoms with Crippen LogP contribution in [-0.4, -0.2) is 78.6 Å². The Morgan fingerprint density at radius 3 is 2.62 bits per heavy atom. The molecular weight excluding hydrogens is 580 g/mol. The van der Waals surface area contributed by atoms with E-state index in [-0.39, 0.29) is 31.2 Å². The molecule has 2 heterocycles. The predicted octanol–water partition coefficient (Wildman–Crippen LogP) is 3.72. The van der Waals surface area contributed by atoms with E-state index < -0.39 is 46.9 Å². The van der Waals surface area contributed by atoms with Gasteiger partial charge in [-0.15, -0.1) is 0 Å². The molecule has 45 heavy (non-hydrogen) atoms. The van der Waals surface area contributed by atoms with Gasteiger partial charge in [0, 0.05) is 30.1 Å². The van der Waals surface area contributed by atoms with Gasteiger partial charge in [-0.05, 0) is 64.9 Å². The number of likely N-dealkylation sites (tertiary alicyclic amines) is 1. The predicted molar refractivity (Wildman–Crippen MR) is 162 cm³/mol. The summed E-state index contributed by atoms with van der Waals surface area (Å²) in [4.78, 5) is 40.9. The van der Waals surface area contributed by atoms with E-state index in [9.17, 15) is 19.5 Å². The molecule has 0 saturated carbocycles. The number of aliphatic hydroxyl groups is 1. The molecule has 2 bridgehead atoms. The van der Waals surface area contributed by atoms with E-state index in [1.807, 2.05) is 19.2 Å². The van der Waals surface area contributed by atoms with Gasteiger partial charge in [0.05, 0.1) is 24.5 Å². The molecule has 2 aliphatic carbocycles. The van der Waals surface area contributed by atoms with Crippen molar-refractivity contribution < 1.29 is 43.2 Å². The molecule has 1 saturated heterocycles. The van der Waals surface area contributed by atoms with Crippen LogP contribution >= 0.6 is 0 Å². The van der Waals surface area contributed by atoms with E-state index in [0.717, 1.165) is 17.7 Å². The number of likely N-dealkylation sites (N-methyl/N-ethyl adjacent to an activating group) is 1. The minimum absolute atomic E-state index is 0.0372. The fraction of sp³-hybridized carbons (Fsp3) is 0.500. The second-order valence-electron chi connectivity index (χ2n) is 13.2. The first kappa shape index (κ1) is 30.9. The number of esters is 2. The average molecular weight is 621 g/mol. The second-order valence-corrected chi connectivity index (χ2v) is 13.2. The lowest BCUT2D eigenvalue weighted by Crippen LogP contribution is -2.74. The summed E-state index contributed by atoms with van der Waals surface area (Å²) in [6, 6.07) is 12.4. The normalized spacial score (nSPS) is 26.8. The van der Waals surface area contributed by atoms with Crippen molar-refractivity contribution in [2.45, 2.75) is 81.3 Å². The SMILES string of the molecule is COc1ccc2c3c1O[C@H]1C(OC(=O)[C@@H](OC(=O)CCNC(=O)OC(C)(C)C)c4ccccc4)=CC[C@@]4(O)[C@@H](C2)N(C)CC[C@]314. The smallest absolute Gasteiger partial charge is 0.407 e. The fourth-order valence-electron chi connectivity index (χ4n) is 7.41. The highest BCUT2D eigenvalue weighted by atomic mass is 16.6. The number of hydrogen-bond donors (Lipinski definition) is 2. The molecule has 1 amide bonds. The number of piperidine rings is 1. The summed E-state index contributed by atoms with van der Waals surface area (Å²) in [5.41, 5.74) is -0.254. The molecule has 2 N–H and O–H groups in total. The molecule has 2 aliphatic heterocycles. The highest BCUT2D eigenvalue weighted by Gasteiger charge is 2.72. The Kier molecular flexibility index (Phi) is 7.81. The summed E-state index contributed by atoms with van der Waals surface area (Å²) < 4.78 is 29.1. The van der Waals surface area contributed by atoms with Gasteiger partial charge in [0.15, 0.2) is 17.6 Å². The van der Waals surface area contributed by atoms with E-state index in [1.54, 1.807) is 64.3 Å². The quantitative estimate of drug-likeness (QED) is 0.332. The molecule has 1 fully saturated rings. The van der Waals surface area contributed by atoms with E-state index in [2.05, 4.69) is 10.2 Å². The Balaban J connectivity index is 1.25. The number of alkyl carbamates (subject to hydrolysis) is 1. The van der Waals surface area contributed by atoms with Gasteiger partial charge in [-0.25, -0.2) is 9.59 Å². The van der Waals surface area contributed by atoms with Crippen LogP contribution in [0.25, 0.3) is 0 Å². The van der Waals surface area contributed by atoms with E-state index in [0.29, 0.717) is 29.9 Å². The van der Waals surface area contributed by atoms with Crippen molar-refractivity contribution in [3.63, 3.8) is 0 Å². The molecule has 0 aromatic heterocycles. The summed E-state index contributed by atoms with van der Waals surface area (Å²) in [5.74, 6) is -0.114. The molecule has 1 spiro atoms. The highest BCUT2D eigenvalue weighted by molar-refractivity contribution is 5.82. The number of methoxy groups -OCH3 is 1. The van der Waals surface area contributed by atoms with Gasteiger partial charge in [-0.2, -0.15) is 0 Å². The topological polar surface area (TPSA) is 133 Å². The Labute approximate surface area is 262 Å². The van der Waals surface area contributed by atoms with Crippen molar-refractivity contribution >= 4 is 18.0 Å². The van der Waals surface area contributed by atoms with Crippen LogP contribution in [0.15, 0.2) is 54.3 Å². The first-order valence-electron chi connectivity index (χ1n) is 15.3. The number of carbonyl (C=O) groups is 3. The van der Waals surface area contributed by atoms with E-state index in [4.69, 9.17) is 23.7 Å². The van der Waals surface area contributed by atoms with Gasteiger partial charge in [0.25, 0.3) is 0 Å². The maximum atomic E-state index is 13.9. The van der Waals surface area contributed by atoms with Gasteiger partial charge in [0.2, 0.25) is 6.10 Å². The Hall–Kier alpha value is -4.09. The lowest BCUT2D eigenvalue weighted by molar-refractivity contribution is -0.176. The number of amides is 1. The minimum Gasteiger partial charge on any atom is -0.493 e. The van der Waals surface area contributed by atoms with Crippen LogP contribution in [0.5, 0.6) is 11.5 Å². The molecule has 240 valence electrons. The number of rotatable bonds is 8. The third-order valence-electron chi connectivity index (χ3n) is 9.34. The summed E-state index contributed by atoms with van der Waals surface area (Å²) in [6.07, 6.45) is 0.232. The van der Waals surface area contributed by atoms with Crippen LogP contribution in [0.1, 0.15) is 62.8 Å². The summed E-state index contributed by atoms with van der Waals surface area (Å²) >= 11 is 0. The average Bonchev–Trinajstić information content (AvgIpc) is 3.34. The molecule has 0 radical (unpaired) electrons. The fourth-order valence-corrected chi connectivity index (χ4v) is 7.41. The number of hydrogen-bond acceptors (Lipinski definition) is 10. The van der Waals surface area contributed by atoms with Crippen molar-refractivity contribution in [3.8, 4) is 11.5 Å². The highest BCUT2D eigenvalue weighted by Crippen LogP contribution is 2.65. The maximum Gasteiger partial charge on any atom is 0.407 e. The molecule has 5 atom stereocenters. The van der Waals surface area contributed by atoms with Crippen LogP contribution < -0.4 is 14.8 Å². The summed E-state index contributed by atoms with van der Waals surface area (Å²) in [5, 5.41) is 15.0. The van der Waals surface area contributed by atoms with Gasteiger partial charge in [-0.1, -0.05) is 36.4 Å². The number of benzene rings is 2. The van der Waals surface area contributed by atoms with Gasteiger partial charge in [0.1, 0.15) is 11.4 Å². The third kappa shape index (κ3) is 5.21. The van der Waals surface area contributed by atoms with Crippen molar-refractivity contribution in [1.29, 1.82) is 0 Å². The van der Waals surface area contributed by atoms with Crippen LogP contribution in [0.2, 0.25) is 0 Å². The summed E-state index contributed by atoms with van der Waals surface area (Å²) in [7, 11) is 3.60. The standard InChI is InChI=1S/C34H40N2O9/c1-32(2,3)45-31(39)35-17-14-25(37)43-27(20-9-7-6-8-10-20)30(38)42-23-13-15-34(40)24-19-21-11-12-22(41-5)28-26(21)33(34,29(23)44-28)16-18-36(24)4/h6-13,24,27,29,40H,14-19H2,1-5H3,(H,35,39)/t24-,27+,29+,33+,34-/m1/s1. The number of carbonyl (C=O) groups excluding carboxylic acids is 3. The number of nitrogens with zero attached hydrogens (tertiary/aromatic N) is 1. The summed E-state index contributed by atoms with van der Waals surface area (Å²) in [6.45, 7) is 5.91. The van der Waals surface area contributed by atoms with Crippen molar-refractivity contribution in [1.82, 2.24) is 10.2 Å². The molecule has 2 aromatic rings. The zero-order chi connectivity index (χ0) is 32.1. The van der Waals surface area contributed by atoms with Crippen LogP contribution in [0.4, 0.5) is 4.79 Å². The van der Waals surface area contributed by atoms with Crippen molar-refractivity contribution in [2.75, 3.05) is 27.2 Å². The Bertz CT molecular complexity index is 1530. The Morgan fingerprint density at radius 2 is 1.91 bits per heavy atom. The molecule has 4 aliphatic rings. The maximum absolute atomic E-state index is 13.9. The zero-order valence-electron chi connectivity index (χ0n) is 26.3. The largest absolute Gasteiger partial charge is 0.493 e. The molecule has 2 aromatic carbocycles. The monoisotopic (exact) mass is 620 g/mol. The van der Waals surface area contributed by atoms with Crippen molar-refractivity contribution in [3.05, 3.63) is 71.0 Å². The molecule has 6 rings (SSSR count). The third-order valence-corrected chi connectivity index (χ3v) is 9.34. The molecule has 0 unspecified atom stereocenters. The first-order chi connectivity index (χ1) is 21.4. The number of nitrogens with one attached hydrogen (secondary N) is 1. The van der Waals surface area contributed by atoms with Crippen LogP contribution in [0.3, 0.4) is 0 Å². The Morgan fingerprint density at radius 1 is 1.16 bits per heavy atom. The minimum atomic E-state index is -1.37. The van der Waals surface area contributed by atoms with Crippen LogP contribution in [-0.2, 0) is 35.6 Å². The lowest BCUT2D eigenvalue weighted by atomic mass is 9.50. The van der Waals surface area contributed by atoms with Gasteiger partial charge < -0.3 is 39.0 Å². The van der Waals surface area contributed by atoms with Crippen molar-refractivity contribution in [2.24, 2.45) is 0 Å². The molecule has 11 nitrogen and oxygen atoms in total. The second kappa shape index (κ2) is 11.4. The van der Waals surface area contributed by atoms with Gasteiger partial charge >= 0.3 is 18.0 Å². The zero-order valence-corrected chi connectivity index (χ0v) is 26.3. The first-order valence-corrected chi connectivity index (χ1v) is 15.3. The van der Waals surface area contributed by atoms with Crippen LogP contribution in [0, 0.1) is 0 Å². The lowest BCUT2D eigenvalue weighted by Gasteiger charge is -2.61. The van der Waals surface area contributed by atoms with E-state index >= 15 is 0 Å². The molecule has 11 heteroatoms.